The highest BCUT2D eigenvalue weighted by atomic mass is 32.2. The third kappa shape index (κ3) is 4.15. The van der Waals surface area contributed by atoms with Gasteiger partial charge in [-0.1, -0.05) is 30.3 Å². The van der Waals surface area contributed by atoms with Crippen LogP contribution in [0.3, 0.4) is 0 Å². The molecule has 1 amide bonds. The summed E-state index contributed by atoms with van der Waals surface area (Å²) in [5, 5.41) is 0. The number of thioether (sulfide) groups is 1. The van der Waals surface area contributed by atoms with Crippen LogP contribution in [-0.2, 0) is 5.75 Å². The van der Waals surface area contributed by atoms with Gasteiger partial charge in [0.2, 0.25) is 0 Å². The van der Waals surface area contributed by atoms with Gasteiger partial charge in [-0.15, -0.1) is 11.8 Å². The number of carbonyl (C=O) groups is 1. The number of benzene rings is 2. The van der Waals surface area contributed by atoms with Gasteiger partial charge in [-0.05, 0) is 48.7 Å². The zero-order chi connectivity index (χ0) is 16.1. The number of rotatable bonds is 5. The molecule has 1 heterocycles. The van der Waals surface area contributed by atoms with Gasteiger partial charge in [0.1, 0.15) is 0 Å². The number of hydrogen-bond donors (Lipinski definition) is 1. The zero-order valence-corrected chi connectivity index (χ0v) is 14.0. The smallest absolute Gasteiger partial charge is 0.253 e. The summed E-state index contributed by atoms with van der Waals surface area (Å²) >= 11 is 1.81. The molecule has 0 radical (unpaired) electrons. The lowest BCUT2D eigenvalue weighted by Gasteiger charge is -2.16. The number of likely N-dealkylation sites (tertiary alicyclic amines) is 1. The molecule has 1 fully saturated rings. The number of hydrogen-bond acceptors (Lipinski definition) is 3. The maximum absolute atomic E-state index is 12.5. The molecule has 2 aromatic rings. The highest BCUT2D eigenvalue weighted by Crippen LogP contribution is 2.23. The Balaban J connectivity index is 1.57. The first-order chi connectivity index (χ1) is 11.3. The van der Waals surface area contributed by atoms with Crippen molar-refractivity contribution in [1.82, 2.24) is 4.90 Å². The maximum atomic E-state index is 12.5. The zero-order valence-electron chi connectivity index (χ0n) is 13.2. The van der Waals surface area contributed by atoms with E-state index in [0.717, 1.165) is 30.8 Å². The Hall–Kier alpha value is -1.78. The Morgan fingerprint density at radius 2 is 1.87 bits per heavy atom. The first-order valence-electron chi connectivity index (χ1n) is 8.02. The van der Waals surface area contributed by atoms with Crippen molar-refractivity contribution in [3.05, 3.63) is 65.7 Å². The third-order valence-corrected chi connectivity index (χ3v) is 5.34. The van der Waals surface area contributed by atoms with Crippen molar-refractivity contribution in [1.29, 1.82) is 0 Å². The van der Waals surface area contributed by atoms with Crippen molar-refractivity contribution < 1.29 is 4.79 Å². The van der Waals surface area contributed by atoms with E-state index in [1.807, 2.05) is 34.9 Å². The van der Waals surface area contributed by atoms with E-state index in [9.17, 15) is 4.79 Å². The summed E-state index contributed by atoms with van der Waals surface area (Å²) in [7, 11) is 0. The highest BCUT2D eigenvalue weighted by Gasteiger charge is 2.25. The predicted octanol–water partition coefficient (Wildman–Crippen LogP) is 3.40. The summed E-state index contributed by atoms with van der Waals surface area (Å²) in [6, 6.07) is 18.4. The highest BCUT2D eigenvalue weighted by molar-refractivity contribution is 7.98. The summed E-state index contributed by atoms with van der Waals surface area (Å²) in [6.45, 7) is 2.28. The van der Waals surface area contributed by atoms with E-state index in [4.69, 9.17) is 5.73 Å². The Labute approximate surface area is 141 Å². The van der Waals surface area contributed by atoms with Gasteiger partial charge in [-0.2, -0.15) is 0 Å². The number of nitrogens with two attached hydrogens (primary N) is 1. The fourth-order valence-corrected chi connectivity index (χ4v) is 3.69. The SMILES string of the molecule is NCC1CCN(C(=O)c2ccc(CSc3ccccc3)cc2)C1. The standard InChI is InChI=1S/C19H22N2OS/c20-12-16-10-11-21(13-16)19(22)17-8-6-15(7-9-17)14-23-18-4-2-1-3-5-18/h1-9,16H,10-14,20H2. The van der Waals surface area contributed by atoms with Crippen LogP contribution in [0.2, 0.25) is 0 Å². The van der Waals surface area contributed by atoms with Crippen molar-refractivity contribution in [2.75, 3.05) is 19.6 Å². The molecule has 4 heteroatoms. The molecule has 1 aliphatic rings. The van der Waals surface area contributed by atoms with Gasteiger partial charge in [-0.25, -0.2) is 0 Å². The van der Waals surface area contributed by atoms with Crippen molar-refractivity contribution >= 4 is 17.7 Å². The largest absolute Gasteiger partial charge is 0.338 e. The lowest BCUT2D eigenvalue weighted by molar-refractivity contribution is 0.0787. The monoisotopic (exact) mass is 326 g/mol. The summed E-state index contributed by atoms with van der Waals surface area (Å²) in [4.78, 5) is 15.7. The average molecular weight is 326 g/mol. The molecule has 2 aromatic carbocycles. The van der Waals surface area contributed by atoms with Gasteiger partial charge in [0.05, 0.1) is 0 Å². The summed E-state index contributed by atoms with van der Waals surface area (Å²) < 4.78 is 0. The second kappa shape index (κ2) is 7.66. The molecule has 0 saturated carbocycles. The van der Waals surface area contributed by atoms with E-state index in [-0.39, 0.29) is 5.91 Å². The molecule has 0 bridgehead atoms. The molecule has 3 nitrogen and oxygen atoms in total. The Morgan fingerprint density at radius 1 is 1.13 bits per heavy atom. The summed E-state index contributed by atoms with van der Waals surface area (Å²) in [5.41, 5.74) is 7.70. The molecule has 1 saturated heterocycles. The molecular formula is C19H22N2OS. The van der Waals surface area contributed by atoms with E-state index in [1.54, 1.807) is 0 Å². The van der Waals surface area contributed by atoms with Crippen LogP contribution in [0.5, 0.6) is 0 Å². The van der Waals surface area contributed by atoms with Gasteiger partial charge in [0.25, 0.3) is 5.91 Å². The van der Waals surface area contributed by atoms with Crippen LogP contribution in [0.1, 0.15) is 22.3 Å². The molecule has 1 aliphatic heterocycles. The van der Waals surface area contributed by atoms with Gasteiger partial charge < -0.3 is 10.6 Å². The quantitative estimate of drug-likeness (QED) is 0.857. The lowest BCUT2D eigenvalue weighted by atomic mass is 10.1. The van der Waals surface area contributed by atoms with E-state index in [2.05, 4.69) is 36.4 Å². The minimum atomic E-state index is 0.128. The summed E-state index contributed by atoms with van der Waals surface area (Å²) in [6.07, 6.45) is 1.02. The van der Waals surface area contributed by atoms with Gasteiger partial charge >= 0.3 is 0 Å². The second-order valence-corrected chi connectivity index (χ2v) is 6.99. The number of amides is 1. The van der Waals surface area contributed by atoms with Gasteiger partial charge in [-0.3, -0.25) is 4.79 Å². The van der Waals surface area contributed by atoms with E-state index in [0.29, 0.717) is 12.5 Å². The Kier molecular flexibility index (Phi) is 5.36. The van der Waals surface area contributed by atoms with E-state index >= 15 is 0 Å². The molecule has 120 valence electrons. The molecule has 0 aromatic heterocycles. The van der Waals surface area contributed by atoms with Gasteiger partial charge in [0, 0.05) is 29.3 Å². The maximum Gasteiger partial charge on any atom is 0.253 e. The van der Waals surface area contributed by atoms with Crippen LogP contribution in [0.25, 0.3) is 0 Å². The number of carbonyl (C=O) groups excluding carboxylic acids is 1. The van der Waals surface area contributed by atoms with Crippen LogP contribution >= 0.6 is 11.8 Å². The Bertz CT molecular complexity index is 642. The van der Waals surface area contributed by atoms with Crippen molar-refractivity contribution in [2.24, 2.45) is 11.7 Å². The van der Waals surface area contributed by atoms with Crippen molar-refractivity contribution in [3.63, 3.8) is 0 Å². The number of nitrogens with zero attached hydrogens (tertiary/aromatic N) is 1. The molecular weight excluding hydrogens is 304 g/mol. The minimum Gasteiger partial charge on any atom is -0.338 e. The third-order valence-electron chi connectivity index (χ3n) is 4.26. The molecule has 1 unspecified atom stereocenters. The Morgan fingerprint density at radius 3 is 2.52 bits per heavy atom. The first kappa shape index (κ1) is 16.1. The summed E-state index contributed by atoms with van der Waals surface area (Å²) in [5.74, 6) is 1.50. The lowest BCUT2D eigenvalue weighted by Crippen LogP contribution is -2.29. The molecule has 0 spiro atoms. The van der Waals surface area contributed by atoms with Crippen LogP contribution in [0.4, 0.5) is 0 Å². The fraction of sp³-hybridized carbons (Fsp3) is 0.316. The molecule has 1 atom stereocenters. The fourth-order valence-electron chi connectivity index (χ4n) is 2.82. The second-order valence-electron chi connectivity index (χ2n) is 5.94. The van der Waals surface area contributed by atoms with Crippen LogP contribution in [0.15, 0.2) is 59.5 Å². The van der Waals surface area contributed by atoms with Crippen LogP contribution in [0, 0.1) is 5.92 Å². The molecule has 3 rings (SSSR count). The molecule has 2 N–H and O–H groups in total. The van der Waals surface area contributed by atoms with Crippen molar-refractivity contribution in [3.8, 4) is 0 Å². The molecule has 23 heavy (non-hydrogen) atoms. The first-order valence-corrected chi connectivity index (χ1v) is 9.01. The topological polar surface area (TPSA) is 46.3 Å². The predicted molar refractivity (Wildman–Crippen MR) is 95.5 cm³/mol. The van der Waals surface area contributed by atoms with Gasteiger partial charge in [0.15, 0.2) is 0 Å². The van der Waals surface area contributed by atoms with Crippen molar-refractivity contribution in [2.45, 2.75) is 17.1 Å². The van der Waals surface area contributed by atoms with E-state index < -0.39 is 0 Å². The minimum absolute atomic E-state index is 0.128. The molecule has 0 aliphatic carbocycles. The normalized spacial score (nSPS) is 17.4. The van der Waals surface area contributed by atoms with Crippen LogP contribution in [-0.4, -0.2) is 30.4 Å². The average Bonchev–Trinajstić information content (AvgIpc) is 3.10. The van der Waals surface area contributed by atoms with Crippen LogP contribution < -0.4 is 5.73 Å². The van der Waals surface area contributed by atoms with E-state index in [1.165, 1.54) is 10.5 Å².